The summed E-state index contributed by atoms with van der Waals surface area (Å²) < 4.78 is 0. The van der Waals surface area contributed by atoms with Crippen molar-refractivity contribution in [1.29, 1.82) is 0 Å². The van der Waals surface area contributed by atoms with E-state index >= 15 is 0 Å². The monoisotopic (exact) mass is 333 g/mol. The average Bonchev–Trinajstić information content (AvgIpc) is 3.14. The molecule has 2 aromatic rings. The van der Waals surface area contributed by atoms with E-state index in [9.17, 15) is 0 Å². The Bertz CT molecular complexity index is 782. The molecular formula is C22H27N3. The fraction of sp³-hybridized carbons (Fsp3) is 0.500. The van der Waals surface area contributed by atoms with E-state index < -0.39 is 0 Å². The molecular weight excluding hydrogens is 306 g/mol. The number of nitrogens with zero attached hydrogens (tertiary/aromatic N) is 3. The molecule has 4 heterocycles. The topological polar surface area (TPSA) is 19.4 Å². The smallest absolute Gasteiger partial charge is 0.0412 e. The van der Waals surface area contributed by atoms with Crippen LogP contribution < -0.4 is 4.90 Å². The standard InChI is InChI=1S/C22H27N3/c1-15-3-6-21-19(11-15)20-14-24-9-8-18(13-24)22(20)25(21)10-7-17-5-4-16(2)23-12-17/h3-6,11-12,18,20,22H,7-10,13-14H2,1-2H3/t18-,20+,22+/m1/s1. The van der Waals surface area contributed by atoms with E-state index in [1.54, 1.807) is 5.56 Å². The van der Waals surface area contributed by atoms with Crippen LogP contribution in [-0.2, 0) is 6.42 Å². The molecule has 0 spiro atoms. The lowest BCUT2D eigenvalue weighted by molar-refractivity contribution is 0.220. The molecule has 0 amide bonds. The first-order chi connectivity index (χ1) is 12.2. The molecule has 0 N–H and O–H groups in total. The third-order valence-corrected chi connectivity index (χ3v) is 6.52. The molecule has 3 heteroatoms. The van der Waals surface area contributed by atoms with Gasteiger partial charge in [0.1, 0.15) is 0 Å². The fourth-order valence-corrected chi connectivity index (χ4v) is 5.33. The molecule has 0 saturated carbocycles. The van der Waals surface area contributed by atoms with Gasteiger partial charge in [-0.3, -0.25) is 4.98 Å². The molecule has 2 fully saturated rings. The van der Waals surface area contributed by atoms with Crippen molar-refractivity contribution in [3.05, 3.63) is 58.9 Å². The van der Waals surface area contributed by atoms with Gasteiger partial charge in [0.2, 0.25) is 0 Å². The van der Waals surface area contributed by atoms with Crippen molar-refractivity contribution in [1.82, 2.24) is 9.88 Å². The molecule has 2 saturated heterocycles. The summed E-state index contributed by atoms with van der Waals surface area (Å²) in [4.78, 5) is 9.90. The first-order valence-corrected chi connectivity index (χ1v) is 9.70. The molecule has 3 aliphatic heterocycles. The van der Waals surface area contributed by atoms with Gasteiger partial charge in [0, 0.05) is 49.2 Å². The van der Waals surface area contributed by atoms with Crippen molar-refractivity contribution < 1.29 is 0 Å². The third kappa shape index (κ3) is 2.56. The number of pyridine rings is 1. The normalized spacial score (nSPS) is 29.6. The van der Waals surface area contributed by atoms with Crippen molar-refractivity contribution in [2.24, 2.45) is 5.92 Å². The number of piperidine rings is 1. The van der Waals surface area contributed by atoms with E-state index in [2.05, 4.69) is 65.2 Å². The van der Waals surface area contributed by atoms with Crippen LogP contribution in [0.15, 0.2) is 36.5 Å². The Morgan fingerprint density at radius 2 is 2.04 bits per heavy atom. The summed E-state index contributed by atoms with van der Waals surface area (Å²) in [6.07, 6.45) is 4.51. The highest BCUT2D eigenvalue weighted by Gasteiger charge is 2.48. The Morgan fingerprint density at radius 3 is 2.88 bits per heavy atom. The van der Waals surface area contributed by atoms with Crippen LogP contribution in [0.4, 0.5) is 5.69 Å². The predicted octanol–water partition coefficient (Wildman–Crippen LogP) is 3.55. The van der Waals surface area contributed by atoms with Crippen LogP contribution in [0.1, 0.15) is 34.7 Å². The molecule has 1 aromatic carbocycles. The van der Waals surface area contributed by atoms with Gasteiger partial charge >= 0.3 is 0 Å². The van der Waals surface area contributed by atoms with Crippen LogP contribution in [-0.4, -0.2) is 42.1 Å². The minimum Gasteiger partial charge on any atom is -0.367 e. The molecule has 0 radical (unpaired) electrons. The molecule has 25 heavy (non-hydrogen) atoms. The Kier molecular flexibility index (Phi) is 3.60. The van der Waals surface area contributed by atoms with Gasteiger partial charge < -0.3 is 9.80 Å². The van der Waals surface area contributed by atoms with Gasteiger partial charge in [-0.05, 0) is 62.4 Å². The maximum absolute atomic E-state index is 4.47. The minimum absolute atomic E-state index is 0.701. The second-order valence-electron chi connectivity index (χ2n) is 8.22. The van der Waals surface area contributed by atoms with Gasteiger partial charge in [0.15, 0.2) is 0 Å². The number of fused-ring (bicyclic) bond motifs is 6. The van der Waals surface area contributed by atoms with Gasteiger partial charge in [-0.15, -0.1) is 0 Å². The van der Waals surface area contributed by atoms with Gasteiger partial charge in [0.25, 0.3) is 0 Å². The highest BCUT2D eigenvalue weighted by atomic mass is 15.3. The van der Waals surface area contributed by atoms with Crippen LogP contribution in [0.3, 0.4) is 0 Å². The summed E-state index contributed by atoms with van der Waals surface area (Å²) in [6.45, 7) is 9.25. The lowest BCUT2D eigenvalue weighted by atomic mass is 9.83. The Labute approximate surface area is 150 Å². The van der Waals surface area contributed by atoms with Crippen LogP contribution in [0, 0.1) is 19.8 Å². The summed E-state index contributed by atoms with van der Waals surface area (Å²) in [5.74, 6) is 1.54. The quantitative estimate of drug-likeness (QED) is 0.856. The first kappa shape index (κ1) is 15.4. The SMILES string of the molecule is Cc1ccc2c(c1)[C@@H]1CN3CC[C@H](C3)[C@@H]1N2CCc1ccc(C)nc1. The summed E-state index contributed by atoms with van der Waals surface area (Å²) in [5.41, 5.74) is 6.95. The maximum Gasteiger partial charge on any atom is 0.0412 e. The van der Waals surface area contributed by atoms with Crippen molar-refractivity contribution in [2.75, 3.05) is 31.1 Å². The summed E-state index contributed by atoms with van der Waals surface area (Å²) in [5, 5.41) is 0. The largest absolute Gasteiger partial charge is 0.367 e. The predicted molar refractivity (Wildman–Crippen MR) is 102 cm³/mol. The molecule has 3 nitrogen and oxygen atoms in total. The number of hydrogen-bond acceptors (Lipinski definition) is 3. The molecule has 5 rings (SSSR count). The molecule has 130 valence electrons. The lowest BCUT2D eigenvalue weighted by Gasteiger charge is -2.39. The van der Waals surface area contributed by atoms with Crippen molar-refractivity contribution in [3.8, 4) is 0 Å². The molecule has 1 unspecified atom stereocenters. The molecule has 2 bridgehead atoms. The second kappa shape index (κ2) is 5.84. The average molecular weight is 333 g/mol. The first-order valence-electron chi connectivity index (χ1n) is 9.70. The van der Waals surface area contributed by atoms with Gasteiger partial charge in [-0.1, -0.05) is 23.8 Å². The Morgan fingerprint density at radius 1 is 1.12 bits per heavy atom. The Balaban J connectivity index is 1.45. The van der Waals surface area contributed by atoms with E-state index in [1.165, 1.54) is 42.9 Å². The number of aromatic nitrogens is 1. The maximum atomic E-state index is 4.47. The Hall–Kier alpha value is -1.87. The second-order valence-corrected chi connectivity index (χ2v) is 8.22. The van der Waals surface area contributed by atoms with E-state index in [0.29, 0.717) is 12.0 Å². The number of anilines is 1. The summed E-state index contributed by atoms with van der Waals surface area (Å²) >= 11 is 0. The van der Waals surface area contributed by atoms with Crippen molar-refractivity contribution in [2.45, 2.75) is 38.6 Å². The van der Waals surface area contributed by atoms with E-state index in [4.69, 9.17) is 0 Å². The highest BCUT2D eigenvalue weighted by Crippen LogP contribution is 2.49. The van der Waals surface area contributed by atoms with Gasteiger partial charge in [0.05, 0.1) is 0 Å². The highest BCUT2D eigenvalue weighted by molar-refractivity contribution is 5.64. The molecule has 0 aliphatic carbocycles. The molecule has 1 aromatic heterocycles. The minimum atomic E-state index is 0.701. The lowest BCUT2D eigenvalue weighted by Crippen LogP contribution is -2.48. The number of aryl methyl sites for hydroxylation is 2. The van der Waals surface area contributed by atoms with E-state index in [-0.39, 0.29) is 0 Å². The van der Waals surface area contributed by atoms with Crippen LogP contribution in [0.2, 0.25) is 0 Å². The van der Waals surface area contributed by atoms with Crippen LogP contribution in [0.25, 0.3) is 0 Å². The van der Waals surface area contributed by atoms with Crippen LogP contribution >= 0.6 is 0 Å². The van der Waals surface area contributed by atoms with Crippen LogP contribution in [0.5, 0.6) is 0 Å². The molecule has 3 aliphatic rings. The van der Waals surface area contributed by atoms with E-state index in [1.807, 2.05) is 0 Å². The zero-order valence-corrected chi connectivity index (χ0v) is 15.3. The zero-order chi connectivity index (χ0) is 17.0. The zero-order valence-electron chi connectivity index (χ0n) is 15.3. The molecule has 4 atom stereocenters. The number of hydrogen-bond donors (Lipinski definition) is 0. The van der Waals surface area contributed by atoms with Crippen molar-refractivity contribution in [3.63, 3.8) is 0 Å². The summed E-state index contributed by atoms with van der Waals surface area (Å²) in [6, 6.07) is 12.2. The van der Waals surface area contributed by atoms with Crippen molar-refractivity contribution >= 4 is 5.69 Å². The summed E-state index contributed by atoms with van der Waals surface area (Å²) in [7, 11) is 0. The van der Waals surface area contributed by atoms with Gasteiger partial charge in [-0.2, -0.15) is 0 Å². The van der Waals surface area contributed by atoms with Gasteiger partial charge in [-0.25, -0.2) is 0 Å². The third-order valence-electron chi connectivity index (χ3n) is 6.52. The fourth-order valence-electron chi connectivity index (χ4n) is 5.33. The number of rotatable bonds is 3. The number of benzene rings is 1. The van der Waals surface area contributed by atoms with E-state index in [0.717, 1.165) is 24.6 Å².